The van der Waals surface area contributed by atoms with Crippen molar-refractivity contribution in [3.8, 4) is 0 Å². The van der Waals surface area contributed by atoms with Crippen LogP contribution in [0, 0.1) is 5.92 Å². The molecule has 0 amide bonds. The first-order valence-corrected chi connectivity index (χ1v) is 6.57. The van der Waals surface area contributed by atoms with Crippen LogP contribution in [0.2, 0.25) is 0 Å². The minimum atomic E-state index is 0.763. The van der Waals surface area contributed by atoms with E-state index in [1.165, 1.54) is 37.9 Å². The summed E-state index contributed by atoms with van der Waals surface area (Å²) < 4.78 is 0. The van der Waals surface area contributed by atoms with Crippen molar-refractivity contribution in [1.82, 2.24) is 0 Å². The second kappa shape index (κ2) is 3.63. The van der Waals surface area contributed by atoms with E-state index in [0.717, 1.165) is 23.1 Å². The van der Waals surface area contributed by atoms with Crippen molar-refractivity contribution < 1.29 is 4.79 Å². The first-order valence-electron chi connectivity index (χ1n) is 5.69. The van der Waals surface area contributed by atoms with Gasteiger partial charge in [-0.25, -0.2) is 0 Å². The summed E-state index contributed by atoms with van der Waals surface area (Å²) >= 11 is 1.56. The Morgan fingerprint density at radius 2 is 2.33 bits per heavy atom. The maximum atomic E-state index is 10.7. The van der Waals surface area contributed by atoms with Gasteiger partial charge in [0.1, 0.15) is 0 Å². The Balaban J connectivity index is 1.84. The van der Waals surface area contributed by atoms with Gasteiger partial charge in [-0.3, -0.25) is 4.79 Å². The van der Waals surface area contributed by atoms with Crippen LogP contribution in [-0.2, 0) is 0 Å². The highest BCUT2D eigenvalue weighted by molar-refractivity contribution is 7.12. The van der Waals surface area contributed by atoms with Crippen molar-refractivity contribution in [2.75, 3.05) is 11.4 Å². The summed E-state index contributed by atoms with van der Waals surface area (Å²) in [5.74, 6) is 0.921. The van der Waals surface area contributed by atoms with Gasteiger partial charge in [0.2, 0.25) is 0 Å². The second-order valence-corrected chi connectivity index (χ2v) is 5.51. The lowest BCUT2D eigenvalue weighted by atomic mass is 10.0. The molecule has 2 unspecified atom stereocenters. The zero-order valence-electron chi connectivity index (χ0n) is 8.69. The molecular weight excluding hydrogens is 206 g/mol. The van der Waals surface area contributed by atoms with E-state index in [-0.39, 0.29) is 0 Å². The number of hydrogen-bond donors (Lipinski definition) is 0. The minimum Gasteiger partial charge on any atom is -0.368 e. The van der Waals surface area contributed by atoms with Gasteiger partial charge in [-0.2, -0.15) is 0 Å². The molecule has 2 heterocycles. The second-order valence-electron chi connectivity index (χ2n) is 4.57. The number of anilines is 1. The maximum Gasteiger partial charge on any atom is 0.160 e. The first kappa shape index (κ1) is 9.40. The van der Waals surface area contributed by atoms with Gasteiger partial charge < -0.3 is 4.90 Å². The van der Waals surface area contributed by atoms with E-state index < -0.39 is 0 Å². The Kier molecular flexibility index (Phi) is 2.28. The third-order valence-corrected chi connectivity index (χ3v) is 4.66. The van der Waals surface area contributed by atoms with Crippen LogP contribution in [0.15, 0.2) is 11.4 Å². The fourth-order valence-electron chi connectivity index (χ4n) is 3.11. The molecule has 2 aliphatic rings. The summed E-state index contributed by atoms with van der Waals surface area (Å²) in [6, 6.07) is 2.80. The Labute approximate surface area is 93.9 Å². The van der Waals surface area contributed by atoms with Crippen LogP contribution in [0.4, 0.5) is 5.69 Å². The number of carbonyl (C=O) groups is 1. The predicted molar refractivity (Wildman–Crippen MR) is 62.8 cm³/mol. The molecule has 2 nitrogen and oxygen atoms in total. The highest BCUT2D eigenvalue weighted by Crippen LogP contribution is 2.41. The third-order valence-electron chi connectivity index (χ3n) is 3.81. The minimum absolute atomic E-state index is 0.763. The zero-order chi connectivity index (χ0) is 10.3. The highest BCUT2D eigenvalue weighted by Gasteiger charge is 2.37. The molecule has 15 heavy (non-hydrogen) atoms. The number of carbonyl (C=O) groups excluding carboxylic acids is 1. The van der Waals surface area contributed by atoms with Gasteiger partial charge in [0.15, 0.2) is 6.29 Å². The number of rotatable bonds is 2. The number of fused-ring (bicyclic) bond motifs is 1. The molecule has 0 N–H and O–H groups in total. The van der Waals surface area contributed by atoms with Crippen LogP contribution < -0.4 is 4.90 Å². The number of thiophene rings is 1. The van der Waals surface area contributed by atoms with Crippen LogP contribution >= 0.6 is 11.3 Å². The van der Waals surface area contributed by atoms with Gasteiger partial charge >= 0.3 is 0 Å². The average Bonchev–Trinajstić information content (AvgIpc) is 2.92. The Morgan fingerprint density at radius 3 is 3.13 bits per heavy atom. The summed E-state index contributed by atoms with van der Waals surface area (Å²) in [6.07, 6.45) is 6.44. The number of hydrogen-bond acceptors (Lipinski definition) is 3. The van der Waals surface area contributed by atoms with Crippen molar-refractivity contribution in [1.29, 1.82) is 0 Å². The van der Waals surface area contributed by atoms with Gasteiger partial charge in [-0.1, -0.05) is 6.42 Å². The molecule has 1 saturated carbocycles. The molecule has 3 heteroatoms. The van der Waals surface area contributed by atoms with Crippen LogP contribution in [0.25, 0.3) is 0 Å². The fourth-order valence-corrected chi connectivity index (χ4v) is 3.81. The van der Waals surface area contributed by atoms with Crippen LogP contribution in [0.1, 0.15) is 35.4 Å². The van der Waals surface area contributed by atoms with E-state index in [9.17, 15) is 4.79 Å². The normalized spacial score (nSPS) is 29.5. The third kappa shape index (κ3) is 1.49. The predicted octanol–water partition coefficient (Wildman–Crippen LogP) is 2.94. The molecule has 0 spiro atoms. The summed E-state index contributed by atoms with van der Waals surface area (Å²) in [4.78, 5) is 14.0. The van der Waals surface area contributed by atoms with Crippen LogP contribution in [0.5, 0.6) is 0 Å². The molecular formula is C12H15NOS. The first-order chi connectivity index (χ1) is 7.38. The SMILES string of the molecule is O=Cc1cc(N2CCC3CCCC32)cs1. The lowest BCUT2D eigenvalue weighted by Gasteiger charge is -2.24. The lowest BCUT2D eigenvalue weighted by Crippen LogP contribution is -2.29. The number of aldehydes is 1. The van der Waals surface area contributed by atoms with E-state index in [2.05, 4.69) is 10.3 Å². The van der Waals surface area contributed by atoms with Crippen molar-refractivity contribution in [2.24, 2.45) is 5.92 Å². The molecule has 3 rings (SSSR count). The van der Waals surface area contributed by atoms with E-state index in [1.54, 1.807) is 11.3 Å². The molecule has 2 fully saturated rings. The zero-order valence-corrected chi connectivity index (χ0v) is 9.50. The largest absolute Gasteiger partial charge is 0.368 e. The highest BCUT2D eigenvalue weighted by atomic mass is 32.1. The molecule has 1 aliphatic carbocycles. The smallest absolute Gasteiger partial charge is 0.160 e. The van der Waals surface area contributed by atoms with Gasteiger partial charge in [-0.15, -0.1) is 11.3 Å². The fraction of sp³-hybridized carbons (Fsp3) is 0.583. The molecule has 80 valence electrons. The molecule has 2 atom stereocenters. The Bertz CT molecular complexity index is 373. The van der Waals surface area contributed by atoms with Crippen LogP contribution in [0.3, 0.4) is 0 Å². The van der Waals surface area contributed by atoms with Crippen molar-refractivity contribution in [3.05, 3.63) is 16.3 Å². The monoisotopic (exact) mass is 221 g/mol. The maximum absolute atomic E-state index is 10.7. The van der Waals surface area contributed by atoms with Gasteiger partial charge in [0.25, 0.3) is 0 Å². The van der Waals surface area contributed by atoms with E-state index >= 15 is 0 Å². The van der Waals surface area contributed by atoms with Crippen LogP contribution in [-0.4, -0.2) is 18.9 Å². The van der Waals surface area contributed by atoms with Gasteiger partial charge in [0.05, 0.1) is 4.88 Å². The van der Waals surface area contributed by atoms with Gasteiger partial charge in [0, 0.05) is 23.7 Å². The van der Waals surface area contributed by atoms with E-state index in [0.29, 0.717) is 0 Å². The van der Waals surface area contributed by atoms with Crippen molar-refractivity contribution in [3.63, 3.8) is 0 Å². The molecule has 1 aliphatic heterocycles. The molecule has 0 aromatic carbocycles. The topological polar surface area (TPSA) is 20.3 Å². The van der Waals surface area contributed by atoms with E-state index in [1.807, 2.05) is 6.07 Å². The van der Waals surface area contributed by atoms with E-state index in [4.69, 9.17) is 0 Å². The summed E-state index contributed by atoms with van der Waals surface area (Å²) in [5, 5.41) is 2.13. The summed E-state index contributed by atoms with van der Waals surface area (Å²) in [7, 11) is 0. The lowest BCUT2D eigenvalue weighted by molar-refractivity contribution is 0.112. The number of nitrogens with zero attached hydrogens (tertiary/aromatic N) is 1. The Hall–Kier alpha value is -0.830. The molecule has 0 radical (unpaired) electrons. The summed E-state index contributed by atoms with van der Waals surface area (Å²) in [5.41, 5.74) is 1.27. The standard InChI is InChI=1S/C12H15NOS/c14-7-11-6-10(8-15-11)13-5-4-9-2-1-3-12(9)13/h6-9,12H,1-5H2. The Morgan fingerprint density at radius 1 is 1.40 bits per heavy atom. The quantitative estimate of drug-likeness (QED) is 0.716. The summed E-state index contributed by atoms with van der Waals surface area (Å²) in [6.45, 7) is 1.18. The van der Waals surface area contributed by atoms with Gasteiger partial charge in [-0.05, 0) is 31.2 Å². The molecule has 1 saturated heterocycles. The van der Waals surface area contributed by atoms with Crippen molar-refractivity contribution >= 4 is 23.3 Å². The van der Waals surface area contributed by atoms with Crippen molar-refractivity contribution in [2.45, 2.75) is 31.7 Å². The average molecular weight is 221 g/mol. The molecule has 1 aromatic heterocycles. The molecule has 1 aromatic rings. The molecule has 0 bridgehead atoms.